The zero-order chi connectivity index (χ0) is 13.0. The van der Waals surface area contributed by atoms with Gasteiger partial charge in [0.05, 0.1) is 23.4 Å². The second kappa shape index (κ2) is 6.61. The van der Waals surface area contributed by atoms with Gasteiger partial charge in [-0.3, -0.25) is 4.90 Å². The van der Waals surface area contributed by atoms with Crippen LogP contribution in [0.4, 0.5) is 0 Å². The van der Waals surface area contributed by atoms with Crippen LogP contribution in [0.2, 0.25) is 0 Å². The highest BCUT2D eigenvalue weighted by Crippen LogP contribution is 2.20. The molecule has 1 saturated heterocycles. The van der Waals surface area contributed by atoms with Gasteiger partial charge < -0.3 is 10.1 Å². The first-order chi connectivity index (χ1) is 8.69. The summed E-state index contributed by atoms with van der Waals surface area (Å²) in [7, 11) is 1.97. The smallest absolute Gasteiger partial charge is 0.0954 e. The van der Waals surface area contributed by atoms with E-state index in [0.717, 1.165) is 32.8 Å². The molecule has 18 heavy (non-hydrogen) atoms. The van der Waals surface area contributed by atoms with Crippen LogP contribution in [0.1, 0.15) is 30.5 Å². The lowest BCUT2D eigenvalue weighted by Gasteiger charge is -2.32. The summed E-state index contributed by atoms with van der Waals surface area (Å²) in [5, 5.41) is 6.61. The van der Waals surface area contributed by atoms with Crippen LogP contribution in [0, 0.1) is 0 Å². The van der Waals surface area contributed by atoms with E-state index in [-0.39, 0.29) is 0 Å². The van der Waals surface area contributed by atoms with Gasteiger partial charge in [-0.15, -0.1) is 11.3 Å². The Labute approximate surface area is 113 Å². The predicted octanol–water partition coefficient (Wildman–Crippen LogP) is 1.69. The van der Waals surface area contributed by atoms with Crippen LogP contribution >= 0.6 is 11.3 Å². The van der Waals surface area contributed by atoms with Crippen molar-refractivity contribution in [2.45, 2.75) is 32.4 Å². The summed E-state index contributed by atoms with van der Waals surface area (Å²) in [6.07, 6.45) is 0.312. The van der Waals surface area contributed by atoms with Crippen molar-refractivity contribution in [1.82, 2.24) is 15.2 Å². The normalized spacial score (nSPS) is 21.7. The number of nitrogens with one attached hydrogen (secondary N) is 1. The third-order valence-corrected chi connectivity index (χ3v) is 4.30. The zero-order valence-electron chi connectivity index (χ0n) is 11.5. The summed E-state index contributed by atoms with van der Waals surface area (Å²) in [4.78, 5) is 7.13. The van der Waals surface area contributed by atoms with Crippen LogP contribution in [0.25, 0.3) is 0 Å². The van der Waals surface area contributed by atoms with Gasteiger partial charge in [0.25, 0.3) is 0 Å². The molecule has 2 heterocycles. The fourth-order valence-corrected chi connectivity index (χ4v) is 2.99. The van der Waals surface area contributed by atoms with Gasteiger partial charge in [-0.05, 0) is 7.05 Å². The van der Waals surface area contributed by atoms with Gasteiger partial charge >= 0.3 is 0 Å². The standard InChI is InChI=1S/C13H23N3OS/c1-10(2)13-15-11(9-18-13)7-16-4-5-17-12(8-16)6-14-3/h9-10,12,14H,4-8H2,1-3H3. The highest BCUT2D eigenvalue weighted by molar-refractivity contribution is 7.09. The lowest BCUT2D eigenvalue weighted by Crippen LogP contribution is -2.45. The van der Waals surface area contributed by atoms with E-state index >= 15 is 0 Å². The summed E-state index contributed by atoms with van der Waals surface area (Å²) in [5.74, 6) is 0.533. The third kappa shape index (κ3) is 3.75. The van der Waals surface area contributed by atoms with Crippen molar-refractivity contribution in [3.63, 3.8) is 0 Å². The quantitative estimate of drug-likeness (QED) is 0.882. The Kier molecular flexibility index (Phi) is 5.12. The first-order valence-corrected chi connectivity index (χ1v) is 7.50. The number of hydrogen-bond acceptors (Lipinski definition) is 5. The summed E-state index contributed by atoms with van der Waals surface area (Å²) in [6, 6.07) is 0. The molecule has 4 nitrogen and oxygen atoms in total. The minimum atomic E-state index is 0.312. The molecule has 1 N–H and O–H groups in total. The number of morpholine rings is 1. The molecule has 1 aromatic rings. The Morgan fingerprint density at radius 3 is 3.11 bits per heavy atom. The van der Waals surface area contributed by atoms with E-state index < -0.39 is 0 Å². The number of nitrogens with zero attached hydrogens (tertiary/aromatic N) is 2. The molecule has 1 aliphatic heterocycles. The molecule has 2 rings (SSSR count). The number of hydrogen-bond donors (Lipinski definition) is 1. The first-order valence-electron chi connectivity index (χ1n) is 6.62. The second-order valence-electron chi connectivity index (χ2n) is 5.12. The molecule has 102 valence electrons. The van der Waals surface area contributed by atoms with Crippen molar-refractivity contribution in [1.29, 1.82) is 0 Å². The average Bonchev–Trinajstić information content (AvgIpc) is 2.78. The van der Waals surface area contributed by atoms with Gasteiger partial charge in [0, 0.05) is 37.5 Å². The van der Waals surface area contributed by atoms with E-state index in [1.54, 1.807) is 11.3 Å². The van der Waals surface area contributed by atoms with E-state index in [1.165, 1.54) is 10.7 Å². The van der Waals surface area contributed by atoms with Crippen LogP contribution in [-0.2, 0) is 11.3 Å². The molecule has 5 heteroatoms. The van der Waals surface area contributed by atoms with Crippen LogP contribution in [-0.4, -0.2) is 49.3 Å². The van der Waals surface area contributed by atoms with Crippen molar-refractivity contribution in [2.24, 2.45) is 0 Å². The Hall–Kier alpha value is -0.490. The SMILES string of the molecule is CNCC1CN(Cc2csc(C(C)C)n2)CCO1. The molecule has 0 radical (unpaired) electrons. The highest BCUT2D eigenvalue weighted by Gasteiger charge is 2.20. The summed E-state index contributed by atoms with van der Waals surface area (Å²) in [6.45, 7) is 9.09. The highest BCUT2D eigenvalue weighted by atomic mass is 32.1. The van der Waals surface area contributed by atoms with Gasteiger partial charge in [0.2, 0.25) is 0 Å². The Bertz CT molecular complexity index is 365. The molecular weight excluding hydrogens is 246 g/mol. The summed E-state index contributed by atoms with van der Waals surface area (Å²) >= 11 is 1.78. The molecule has 0 aliphatic carbocycles. The van der Waals surface area contributed by atoms with Crippen molar-refractivity contribution in [2.75, 3.05) is 33.3 Å². The summed E-state index contributed by atoms with van der Waals surface area (Å²) < 4.78 is 5.71. The van der Waals surface area contributed by atoms with Crippen molar-refractivity contribution < 1.29 is 4.74 Å². The fraction of sp³-hybridized carbons (Fsp3) is 0.769. The average molecular weight is 269 g/mol. The third-order valence-electron chi connectivity index (χ3n) is 3.10. The lowest BCUT2D eigenvalue weighted by molar-refractivity contribution is -0.0294. The maximum absolute atomic E-state index is 5.71. The predicted molar refractivity (Wildman–Crippen MR) is 75.1 cm³/mol. The molecule has 0 saturated carbocycles. The van der Waals surface area contributed by atoms with Crippen molar-refractivity contribution in [3.8, 4) is 0 Å². The molecule has 0 amide bonds. The second-order valence-corrected chi connectivity index (χ2v) is 6.01. The largest absolute Gasteiger partial charge is 0.374 e. The molecule has 0 bridgehead atoms. The molecule has 0 spiro atoms. The number of thiazole rings is 1. The maximum Gasteiger partial charge on any atom is 0.0954 e. The first kappa shape index (κ1) is 13.9. The fourth-order valence-electron chi connectivity index (χ4n) is 2.16. The number of aromatic nitrogens is 1. The minimum absolute atomic E-state index is 0.312. The molecule has 1 unspecified atom stereocenters. The molecular formula is C13H23N3OS. The number of likely N-dealkylation sites (N-methyl/N-ethyl adjacent to an activating group) is 1. The Balaban J connectivity index is 1.87. The van der Waals surface area contributed by atoms with Gasteiger partial charge in [-0.1, -0.05) is 13.8 Å². The van der Waals surface area contributed by atoms with Gasteiger partial charge in [-0.25, -0.2) is 4.98 Å². The maximum atomic E-state index is 5.71. The lowest BCUT2D eigenvalue weighted by atomic mass is 10.2. The van der Waals surface area contributed by atoms with E-state index in [9.17, 15) is 0 Å². The van der Waals surface area contributed by atoms with Gasteiger partial charge in [0.1, 0.15) is 0 Å². The molecule has 1 fully saturated rings. The van der Waals surface area contributed by atoms with Crippen molar-refractivity contribution >= 4 is 11.3 Å². The number of rotatable bonds is 5. The molecule has 1 aliphatic rings. The van der Waals surface area contributed by atoms with Gasteiger partial charge in [-0.2, -0.15) is 0 Å². The van der Waals surface area contributed by atoms with Crippen LogP contribution in [0.5, 0.6) is 0 Å². The van der Waals surface area contributed by atoms with Gasteiger partial charge in [0.15, 0.2) is 0 Å². The van der Waals surface area contributed by atoms with Crippen molar-refractivity contribution in [3.05, 3.63) is 16.1 Å². The van der Waals surface area contributed by atoms with Crippen LogP contribution in [0.15, 0.2) is 5.38 Å². The topological polar surface area (TPSA) is 37.4 Å². The number of ether oxygens (including phenoxy) is 1. The monoisotopic (exact) mass is 269 g/mol. The van der Waals surface area contributed by atoms with E-state index in [1.807, 2.05) is 7.05 Å². The minimum Gasteiger partial charge on any atom is -0.374 e. The Morgan fingerprint density at radius 1 is 1.61 bits per heavy atom. The zero-order valence-corrected chi connectivity index (χ0v) is 12.3. The van der Waals surface area contributed by atoms with Crippen LogP contribution < -0.4 is 5.32 Å². The van der Waals surface area contributed by atoms with E-state index in [2.05, 4.69) is 29.4 Å². The van der Waals surface area contributed by atoms with E-state index in [4.69, 9.17) is 9.72 Å². The molecule has 0 aromatic carbocycles. The summed E-state index contributed by atoms with van der Waals surface area (Å²) in [5.41, 5.74) is 1.20. The molecule has 1 atom stereocenters. The van der Waals surface area contributed by atoms with E-state index in [0.29, 0.717) is 12.0 Å². The van der Waals surface area contributed by atoms with Crippen LogP contribution in [0.3, 0.4) is 0 Å². The Morgan fingerprint density at radius 2 is 2.44 bits per heavy atom. The molecule has 1 aromatic heterocycles.